The summed E-state index contributed by atoms with van der Waals surface area (Å²) in [5.74, 6) is 1.34. The Morgan fingerprint density at radius 1 is 1.00 bits per heavy atom. The third-order valence-corrected chi connectivity index (χ3v) is 5.32. The molecular formula is C21H24ClNO4S. The molecular weight excluding hydrogens is 398 g/mol. The number of aliphatic hydroxyl groups excluding tert-OH is 2. The number of hydrogen-bond acceptors (Lipinski definition) is 6. The van der Waals surface area contributed by atoms with E-state index >= 15 is 0 Å². The van der Waals surface area contributed by atoms with Gasteiger partial charge < -0.3 is 20.1 Å². The average molecular weight is 422 g/mol. The van der Waals surface area contributed by atoms with Crippen LogP contribution in [0, 0.1) is 6.92 Å². The Kier molecular flexibility index (Phi) is 7.98. The molecule has 0 saturated carbocycles. The van der Waals surface area contributed by atoms with Crippen LogP contribution in [0.4, 0.5) is 0 Å². The molecule has 1 atom stereocenters. The Balaban J connectivity index is 0.00000280. The highest BCUT2D eigenvalue weighted by atomic mass is 35.5. The maximum Gasteiger partial charge on any atom is 0.127 e. The second-order valence-electron chi connectivity index (χ2n) is 6.44. The number of nitrogens with zero attached hydrogens (tertiary/aromatic N) is 1. The van der Waals surface area contributed by atoms with Gasteiger partial charge in [-0.1, -0.05) is 12.1 Å². The second-order valence-corrected chi connectivity index (χ2v) is 7.68. The molecule has 0 bridgehead atoms. The molecule has 3 N–H and O–H groups in total. The number of halogens is 1. The van der Waals surface area contributed by atoms with Gasteiger partial charge in [0.2, 0.25) is 0 Å². The SMILES string of the molecule is Cc1cnc(-c2ccc(Oc3ccc(C(O)(CO)CCCO)cc3)cc2)s1.Cl. The highest BCUT2D eigenvalue weighted by molar-refractivity contribution is 7.14. The monoisotopic (exact) mass is 421 g/mol. The number of benzene rings is 2. The van der Waals surface area contributed by atoms with Crippen LogP contribution in [-0.4, -0.2) is 33.5 Å². The van der Waals surface area contributed by atoms with Crippen LogP contribution in [0.3, 0.4) is 0 Å². The zero-order valence-corrected chi connectivity index (χ0v) is 17.2. The van der Waals surface area contributed by atoms with Crippen LogP contribution in [0.5, 0.6) is 11.5 Å². The van der Waals surface area contributed by atoms with E-state index in [1.54, 1.807) is 35.6 Å². The van der Waals surface area contributed by atoms with Gasteiger partial charge in [-0.05, 0) is 61.7 Å². The standard InChI is InChI=1S/C21H23NO4S.ClH/c1-15-13-22-20(27-15)16-3-7-18(8-4-16)26-19-9-5-17(6-10-19)21(25,14-24)11-2-12-23;/h3-10,13,23-25H,2,11-12,14H2,1H3;1H. The largest absolute Gasteiger partial charge is 0.457 e. The van der Waals surface area contributed by atoms with Crippen molar-refractivity contribution in [3.63, 3.8) is 0 Å². The summed E-state index contributed by atoms with van der Waals surface area (Å²) >= 11 is 1.65. The number of hydrogen-bond donors (Lipinski definition) is 3. The molecule has 150 valence electrons. The molecule has 0 saturated heterocycles. The normalized spacial score (nSPS) is 12.9. The summed E-state index contributed by atoms with van der Waals surface area (Å²) < 4.78 is 5.86. The lowest BCUT2D eigenvalue weighted by Gasteiger charge is -2.26. The first kappa shape index (κ1) is 22.3. The summed E-state index contributed by atoms with van der Waals surface area (Å²) in [7, 11) is 0. The van der Waals surface area contributed by atoms with Gasteiger partial charge in [0, 0.05) is 23.2 Å². The van der Waals surface area contributed by atoms with Gasteiger partial charge in [-0.25, -0.2) is 4.98 Å². The third-order valence-electron chi connectivity index (χ3n) is 4.36. The molecule has 0 radical (unpaired) electrons. The fourth-order valence-corrected chi connectivity index (χ4v) is 3.58. The van der Waals surface area contributed by atoms with Crippen LogP contribution in [0.1, 0.15) is 23.3 Å². The van der Waals surface area contributed by atoms with Gasteiger partial charge in [0.15, 0.2) is 0 Å². The Bertz CT molecular complexity index is 867. The van der Waals surface area contributed by atoms with E-state index in [4.69, 9.17) is 9.84 Å². The average Bonchev–Trinajstić information content (AvgIpc) is 3.13. The van der Waals surface area contributed by atoms with E-state index in [1.165, 1.54) is 4.88 Å². The van der Waals surface area contributed by atoms with Gasteiger partial charge in [0.05, 0.1) is 6.61 Å². The number of rotatable bonds is 8. The molecule has 0 aliphatic rings. The number of aliphatic hydroxyl groups is 3. The first-order valence-corrected chi connectivity index (χ1v) is 9.61. The third kappa shape index (κ3) is 5.31. The van der Waals surface area contributed by atoms with Gasteiger partial charge >= 0.3 is 0 Å². The van der Waals surface area contributed by atoms with Crippen molar-refractivity contribution in [2.75, 3.05) is 13.2 Å². The lowest BCUT2D eigenvalue weighted by Crippen LogP contribution is -2.30. The molecule has 5 nitrogen and oxygen atoms in total. The molecule has 0 fully saturated rings. The van der Waals surface area contributed by atoms with Crippen molar-refractivity contribution in [1.29, 1.82) is 0 Å². The molecule has 1 heterocycles. The first-order chi connectivity index (χ1) is 13.0. The zero-order chi connectivity index (χ0) is 19.3. The van der Waals surface area contributed by atoms with E-state index in [0.29, 0.717) is 23.5 Å². The summed E-state index contributed by atoms with van der Waals surface area (Å²) in [6, 6.07) is 14.7. The lowest BCUT2D eigenvalue weighted by atomic mass is 9.90. The van der Waals surface area contributed by atoms with Crippen LogP contribution in [-0.2, 0) is 5.60 Å². The van der Waals surface area contributed by atoms with E-state index in [2.05, 4.69) is 4.98 Å². The van der Waals surface area contributed by atoms with Crippen molar-refractivity contribution in [3.8, 4) is 22.1 Å². The highest BCUT2D eigenvalue weighted by Gasteiger charge is 2.27. The molecule has 1 unspecified atom stereocenters. The predicted octanol–water partition coefficient (Wildman–Crippen LogP) is 4.29. The van der Waals surface area contributed by atoms with Crippen LogP contribution in [0.2, 0.25) is 0 Å². The Hall–Kier alpha value is -1.96. The minimum Gasteiger partial charge on any atom is -0.457 e. The van der Waals surface area contributed by atoms with Crippen molar-refractivity contribution in [2.24, 2.45) is 0 Å². The van der Waals surface area contributed by atoms with Gasteiger partial charge in [0.1, 0.15) is 22.1 Å². The van der Waals surface area contributed by atoms with Gasteiger partial charge in [-0.3, -0.25) is 0 Å². The zero-order valence-electron chi connectivity index (χ0n) is 15.5. The topological polar surface area (TPSA) is 82.8 Å². The minimum atomic E-state index is -1.35. The van der Waals surface area contributed by atoms with E-state index in [0.717, 1.165) is 10.6 Å². The summed E-state index contributed by atoms with van der Waals surface area (Å²) in [6.07, 6.45) is 2.57. The van der Waals surface area contributed by atoms with Crippen LogP contribution in [0.15, 0.2) is 54.7 Å². The number of ether oxygens (including phenoxy) is 1. The number of aryl methyl sites for hydroxylation is 1. The summed E-state index contributed by atoms with van der Waals surface area (Å²) in [5.41, 5.74) is 0.294. The first-order valence-electron chi connectivity index (χ1n) is 8.79. The van der Waals surface area contributed by atoms with Crippen LogP contribution in [0.25, 0.3) is 10.6 Å². The quantitative estimate of drug-likeness (QED) is 0.505. The number of aromatic nitrogens is 1. The predicted molar refractivity (Wildman–Crippen MR) is 113 cm³/mol. The Morgan fingerprint density at radius 3 is 2.11 bits per heavy atom. The second kappa shape index (κ2) is 10.0. The fourth-order valence-electron chi connectivity index (χ4n) is 2.81. The van der Waals surface area contributed by atoms with Gasteiger partial charge in [0.25, 0.3) is 0 Å². The van der Waals surface area contributed by atoms with E-state index in [1.807, 2.05) is 37.4 Å². The highest BCUT2D eigenvalue weighted by Crippen LogP contribution is 2.31. The van der Waals surface area contributed by atoms with Crippen molar-refractivity contribution < 1.29 is 20.1 Å². The lowest BCUT2D eigenvalue weighted by molar-refractivity contribution is -0.0303. The molecule has 28 heavy (non-hydrogen) atoms. The van der Waals surface area contributed by atoms with Gasteiger partial charge in [-0.15, -0.1) is 23.7 Å². The fraction of sp³-hybridized carbons (Fsp3) is 0.286. The van der Waals surface area contributed by atoms with Gasteiger partial charge in [-0.2, -0.15) is 0 Å². The Morgan fingerprint density at radius 2 is 1.61 bits per heavy atom. The van der Waals surface area contributed by atoms with Crippen molar-refractivity contribution in [3.05, 3.63) is 65.2 Å². The van der Waals surface area contributed by atoms with Crippen molar-refractivity contribution in [2.45, 2.75) is 25.4 Å². The van der Waals surface area contributed by atoms with Crippen LogP contribution >= 0.6 is 23.7 Å². The Labute approximate surface area is 174 Å². The summed E-state index contributed by atoms with van der Waals surface area (Å²) in [5, 5.41) is 30.0. The van der Waals surface area contributed by atoms with Crippen LogP contribution < -0.4 is 4.74 Å². The molecule has 1 aromatic heterocycles. The van der Waals surface area contributed by atoms with E-state index in [-0.39, 0.29) is 25.4 Å². The number of thiazole rings is 1. The molecule has 0 aliphatic carbocycles. The molecule has 7 heteroatoms. The maximum atomic E-state index is 10.5. The molecule has 3 aromatic rings. The van der Waals surface area contributed by atoms with E-state index < -0.39 is 12.2 Å². The molecule has 3 rings (SSSR count). The summed E-state index contributed by atoms with van der Waals surface area (Å²) in [4.78, 5) is 5.55. The molecule has 0 aliphatic heterocycles. The van der Waals surface area contributed by atoms with Crippen molar-refractivity contribution >= 4 is 23.7 Å². The molecule has 0 amide bonds. The molecule has 2 aromatic carbocycles. The smallest absolute Gasteiger partial charge is 0.127 e. The van der Waals surface area contributed by atoms with E-state index in [9.17, 15) is 10.2 Å². The summed E-state index contributed by atoms with van der Waals surface area (Å²) in [6.45, 7) is 1.61. The minimum absolute atomic E-state index is 0. The molecule has 0 spiro atoms. The van der Waals surface area contributed by atoms with Crippen molar-refractivity contribution in [1.82, 2.24) is 4.98 Å². The maximum absolute atomic E-state index is 10.5.